The Morgan fingerprint density at radius 3 is 2.44 bits per heavy atom. The van der Waals surface area contributed by atoms with Gasteiger partial charge >= 0.3 is 0 Å². The fourth-order valence-corrected chi connectivity index (χ4v) is 1.99. The summed E-state index contributed by atoms with van der Waals surface area (Å²) in [7, 11) is 5.94. The van der Waals surface area contributed by atoms with Crippen LogP contribution in [-0.2, 0) is 6.54 Å². The number of ether oxygens (including phenoxy) is 1. The van der Waals surface area contributed by atoms with Crippen molar-refractivity contribution in [2.45, 2.75) is 26.4 Å². The first kappa shape index (κ1) is 15.0. The number of benzene rings is 1. The summed E-state index contributed by atoms with van der Waals surface area (Å²) in [5.74, 6) is 1.57. The van der Waals surface area contributed by atoms with Gasteiger partial charge in [-0.3, -0.25) is 0 Å². The maximum absolute atomic E-state index is 5.37. The molecule has 0 aliphatic heterocycles. The summed E-state index contributed by atoms with van der Waals surface area (Å²) in [4.78, 5) is 2.22. The van der Waals surface area contributed by atoms with Gasteiger partial charge in [-0.25, -0.2) is 0 Å². The molecule has 1 atom stereocenters. The van der Waals surface area contributed by atoms with Crippen LogP contribution in [0.15, 0.2) is 24.3 Å². The van der Waals surface area contributed by atoms with Gasteiger partial charge in [0.25, 0.3) is 0 Å². The Labute approximate surface area is 111 Å². The summed E-state index contributed by atoms with van der Waals surface area (Å²) in [5, 5.41) is 3.62. The van der Waals surface area contributed by atoms with Crippen molar-refractivity contribution in [2.75, 3.05) is 27.7 Å². The first-order chi connectivity index (χ1) is 8.54. The number of nitrogens with zero attached hydrogens (tertiary/aromatic N) is 1. The van der Waals surface area contributed by atoms with E-state index in [9.17, 15) is 0 Å². The number of hydrogen-bond acceptors (Lipinski definition) is 3. The Hall–Kier alpha value is -1.06. The van der Waals surface area contributed by atoms with E-state index >= 15 is 0 Å². The number of para-hydroxylation sites is 1. The molecule has 0 radical (unpaired) electrons. The third-order valence-electron chi connectivity index (χ3n) is 3.11. The average Bonchev–Trinajstić information content (AvgIpc) is 2.34. The van der Waals surface area contributed by atoms with Crippen LogP contribution in [0.5, 0.6) is 5.75 Å². The van der Waals surface area contributed by atoms with Crippen LogP contribution in [0.25, 0.3) is 0 Å². The molecule has 0 aliphatic rings. The van der Waals surface area contributed by atoms with Crippen LogP contribution in [-0.4, -0.2) is 38.7 Å². The minimum absolute atomic E-state index is 0.491. The minimum atomic E-state index is 0.491. The Kier molecular flexibility index (Phi) is 6.16. The van der Waals surface area contributed by atoms with Crippen LogP contribution < -0.4 is 10.1 Å². The van der Waals surface area contributed by atoms with E-state index < -0.39 is 0 Å². The zero-order chi connectivity index (χ0) is 13.5. The predicted molar refractivity (Wildman–Crippen MR) is 77.0 cm³/mol. The number of rotatable bonds is 7. The van der Waals surface area contributed by atoms with E-state index in [-0.39, 0.29) is 0 Å². The van der Waals surface area contributed by atoms with Gasteiger partial charge in [-0.1, -0.05) is 32.0 Å². The normalized spacial score (nSPS) is 13.1. The first-order valence-corrected chi connectivity index (χ1v) is 6.54. The predicted octanol–water partition coefficient (Wildman–Crippen LogP) is 2.37. The Morgan fingerprint density at radius 1 is 1.22 bits per heavy atom. The van der Waals surface area contributed by atoms with Gasteiger partial charge in [0.05, 0.1) is 7.11 Å². The van der Waals surface area contributed by atoms with Gasteiger partial charge in [0.1, 0.15) is 5.75 Å². The highest BCUT2D eigenvalue weighted by molar-refractivity contribution is 5.33. The van der Waals surface area contributed by atoms with Crippen LogP contribution in [0, 0.1) is 5.92 Å². The van der Waals surface area contributed by atoms with E-state index in [1.54, 1.807) is 7.11 Å². The summed E-state index contributed by atoms with van der Waals surface area (Å²) in [5.41, 5.74) is 1.21. The SMILES string of the molecule is COc1ccccc1CNC(CN(C)C)C(C)C. The molecular formula is C15H26N2O. The molecule has 0 saturated carbocycles. The molecule has 102 valence electrons. The summed E-state index contributed by atoms with van der Waals surface area (Å²) in [6.45, 7) is 6.40. The second-order valence-electron chi connectivity index (χ2n) is 5.31. The Balaban J connectivity index is 2.61. The largest absolute Gasteiger partial charge is 0.496 e. The van der Waals surface area contributed by atoms with E-state index in [1.807, 2.05) is 12.1 Å². The molecule has 0 fully saturated rings. The maximum atomic E-state index is 5.37. The summed E-state index contributed by atoms with van der Waals surface area (Å²) < 4.78 is 5.37. The zero-order valence-electron chi connectivity index (χ0n) is 12.2. The lowest BCUT2D eigenvalue weighted by molar-refractivity contribution is 0.287. The fraction of sp³-hybridized carbons (Fsp3) is 0.600. The van der Waals surface area contributed by atoms with E-state index in [0.717, 1.165) is 18.8 Å². The van der Waals surface area contributed by atoms with Gasteiger partial charge in [-0.05, 0) is 26.1 Å². The standard InChI is InChI=1S/C15H26N2O/c1-12(2)14(11-17(3)4)16-10-13-8-6-7-9-15(13)18-5/h6-9,12,14,16H,10-11H2,1-5H3. The van der Waals surface area contributed by atoms with Crippen LogP contribution in [0.3, 0.4) is 0 Å². The average molecular weight is 250 g/mol. The van der Waals surface area contributed by atoms with Gasteiger partial charge in [0.2, 0.25) is 0 Å². The van der Waals surface area contributed by atoms with Gasteiger partial charge in [-0.15, -0.1) is 0 Å². The van der Waals surface area contributed by atoms with Crippen molar-refractivity contribution in [1.29, 1.82) is 0 Å². The zero-order valence-corrected chi connectivity index (χ0v) is 12.2. The third kappa shape index (κ3) is 4.67. The summed E-state index contributed by atoms with van der Waals surface area (Å²) >= 11 is 0. The van der Waals surface area contributed by atoms with Crippen molar-refractivity contribution >= 4 is 0 Å². The lowest BCUT2D eigenvalue weighted by Crippen LogP contribution is -2.41. The molecule has 0 aromatic heterocycles. The number of hydrogen-bond donors (Lipinski definition) is 1. The van der Waals surface area contributed by atoms with Crippen molar-refractivity contribution in [1.82, 2.24) is 10.2 Å². The molecule has 1 rings (SSSR count). The fourth-order valence-electron chi connectivity index (χ4n) is 1.99. The smallest absolute Gasteiger partial charge is 0.123 e. The molecule has 18 heavy (non-hydrogen) atoms. The maximum Gasteiger partial charge on any atom is 0.123 e. The summed E-state index contributed by atoms with van der Waals surface area (Å²) in [6, 6.07) is 8.66. The lowest BCUT2D eigenvalue weighted by atomic mass is 10.0. The molecule has 0 heterocycles. The van der Waals surface area contributed by atoms with Crippen molar-refractivity contribution in [3.05, 3.63) is 29.8 Å². The number of methoxy groups -OCH3 is 1. The van der Waals surface area contributed by atoms with Crippen molar-refractivity contribution in [3.63, 3.8) is 0 Å². The first-order valence-electron chi connectivity index (χ1n) is 6.54. The second kappa shape index (κ2) is 7.39. The van der Waals surface area contributed by atoms with Gasteiger partial charge in [0.15, 0.2) is 0 Å². The highest BCUT2D eigenvalue weighted by Crippen LogP contribution is 2.17. The number of likely N-dealkylation sites (N-methyl/N-ethyl adjacent to an activating group) is 1. The van der Waals surface area contributed by atoms with E-state index in [0.29, 0.717) is 12.0 Å². The minimum Gasteiger partial charge on any atom is -0.496 e. The molecule has 1 aromatic rings. The molecule has 0 spiro atoms. The highest BCUT2D eigenvalue weighted by atomic mass is 16.5. The molecular weight excluding hydrogens is 224 g/mol. The number of nitrogens with one attached hydrogen (secondary N) is 1. The van der Waals surface area contributed by atoms with Crippen LogP contribution in [0.1, 0.15) is 19.4 Å². The molecule has 0 bridgehead atoms. The monoisotopic (exact) mass is 250 g/mol. The molecule has 1 aromatic carbocycles. The quantitative estimate of drug-likeness (QED) is 0.804. The lowest BCUT2D eigenvalue weighted by Gasteiger charge is -2.26. The van der Waals surface area contributed by atoms with E-state index in [2.05, 4.69) is 50.3 Å². The topological polar surface area (TPSA) is 24.5 Å². The van der Waals surface area contributed by atoms with E-state index in [4.69, 9.17) is 4.74 Å². The molecule has 0 aliphatic carbocycles. The van der Waals surface area contributed by atoms with Crippen LogP contribution in [0.4, 0.5) is 0 Å². The molecule has 0 saturated heterocycles. The molecule has 1 N–H and O–H groups in total. The Morgan fingerprint density at radius 2 is 1.89 bits per heavy atom. The highest BCUT2D eigenvalue weighted by Gasteiger charge is 2.14. The van der Waals surface area contributed by atoms with Gasteiger partial charge in [0, 0.05) is 24.7 Å². The van der Waals surface area contributed by atoms with Crippen molar-refractivity contribution < 1.29 is 4.74 Å². The van der Waals surface area contributed by atoms with Crippen molar-refractivity contribution in [2.24, 2.45) is 5.92 Å². The second-order valence-corrected chi connectivity index (χ2v) is 5.31. The molecule has 3 nitrogen and oxygen atoms in total. The third-order valence-corrected chi connectivity index (χ3v) is 3.11. The summed E-state index contributed by atoms with van der Waals surface area (Å²) in [6.07, 6.45) is 0. The Bertz CT molecular complexity index is 350. The van der Waals surface area contributed by atoms with Gasteiger partial charge in [-0.2, -0.15) is 0 Å². The molecule has 1 unspecified atom stereocenters. The molecule has 0 amide bonds. The van der Waals surface area contributed by atoms with Gasteiger partial charge < -0.3 is 15.0 Å². The molecule has 3 heteroatoms. The van der Waals surface area contributed by atoms with Crippen LogP contribution in [0.2, 0.25) is 0 Å². The van der Waals surface area contributed by atoms with E-state index in [1.165, 1.54) is 5.56 Å². The van der Waals surface area contributed by atoms with Crippen LogP contribution >= 0.6 is 0 Å². The van der Waals surface area contributed by atoms with Crippen molar-refractivity contribution in [3.8, 4) is 5.75 Å².